The lowest BCUT2D eigenvalue weighted by atomic mass is 10.1. The monoisotopic (exact) mass is 336 g/mol. The summed E-state index contributed by atoms with van der Waals surface area (Å²) in [5, 5.41) is 5.42. The largest absolute Gasteiger partial charge is 0.497 e. The van der Waals surface area contributed by atoms with Crippen LogP contribution in [-0.4, -0.2) is 26.3 Å². The van der Waals surface area contributed by atoms with Gasteiger partial charge in [0, 0.05) is 18.3 Å². The Balaban J connectivity index is 1.75. The Labute approximate surface area is 138 Å². The van der Waals surface area contributed by atoms with Gasteiger partial charge < -0.3 is 20.1 Å². The van der Waals surface area contributed by atoms with Crippen LogP contribution < -0.4 is 20.1 Å². The summed E-state index contributed by atoms with van der Waals surface area (Å²) in [6, 6.07) is 13.0. The van der Waals surface area contributed by atoms with E-state index < -0.39 is 6.61 Å². The standard InChI is InChI=1S/C17H18F2N2O3/c1-23-15-4-2-3-13(11-15)21-17(22)20-10-9-12-5-7-14(8-6-12)24-16(18)19/h2-8,11,16H,9-10H2,1H3,(H2,20,21,22). The van der Waals surface area contributed by atoms with Crippen molar-refractivity contribution in [1.29, 1.82) is 0 Å². The maximum atomic E-state index is 12.1. The van der Waals surface area contributed by atoms with Crippen LogP contribution in [-0.2, 0) is 6.42 Å². The Morgan fingerprint density at radius 3 is 2.54 bits per heavy atom. The normalized spacial score (nSPS) is 10.3. The number of alkyl halides is 2. The summed E-state index contributed by atoms with van der Waals surface area (Å²) in [7, 11) is 1.55. The number of carbonyl (C=O) groups excluding carboxylic acids is 1. The van der Waals surface area contributed by atoms with E-state index in [1.807, 2.05) is 0 Å². The molecule has 2 N–H and O–H groups in total. The number of anilines is 1. The molecule has 2 aromatic rings. The quantitative estimate of drug-likeness (QED) is 0.811. The van der Waals surface area contributed by atoms with E-state index in [9.17, 15) is 13.6 Å². The van der Waals surface area contributed by atoms with Crippen molar-refractivity contribution < 1.29 is 23.0 Å². The number of hydrogen-bond acceptors (Lipinski definition) is 3. The maximum absolute atomic E-state index is 12.1. The Morgan fingerprint density at radius 2 is 1.88 bits per heavy atom. The molecule has 0 heterocycles. The summed E-state index contributed by atoms with van der Waals surface area (Å²) in [5.41, 5.74) is 1.53. The summed E-state index contributed by atoms with van der Waals surface area (Å²) in [6.45, 7) is -2.43. The molecular formula is C17H18F2N2O3. The highest BCUT2D eigenvalue weighted by Gasteiger charge is 2.05. The molecule has 0 aliphatic carbocycles. The molecule has 0 unspecified atom stereocenters. The van der Waals surface area contributed by atoms with Crippen LogP contribution in [0.5, 0.6) is 11.5 Å². The molecule has 0 radical (unpaired) electrons. The zero-order chi connectivity index (χ0) is 17.4. The van der Waals surface area contributed by atoms with Gasteiger partial charge in [0.1, 0.15) is 11.5 Å². The molecule has 0 saturated carbocycles. The zero-order valence-electron chi connectivity index (χ0n) is 13.1. The zero-order valence-corrected chi connectivity index (χ0v) is 13.1. The van der Waals surface area contributed by atoms with E-state index in [0.29, 0.717) is 24.4 Å². The number of nitrogens with one attached hydrogen (secondary N) is 2. The number of halogens is 2. The van der Waals surface area contributed by atoms with E-state index in [1.165, 1.54) is 12.1 Å². The number of ether oxygens (including phenoxy) is 2. The van der Waals surface area contributed by atoms with E-state index in [2.05, 4.69) is 15.4 Å². The number of methoxy groups -OCH3 is 1. The number of amides is 2. The van der Waals surface area contributed by atoms with Crippen LogP contribution in [0.3, 0.4) is 0 Å². The molecule has 0 bridgehead atoms. The molecule has 2 rings (SSSR count). The van der Waals surface area contributed by atoms with Gasteiger partial charge in [0.15, 0.2) is 0 Å². The molecule has 5 nitrogen and oxygen atoms in total. The molecule has 2 amide bonds. The van der Waals surface area contributed by atoms with Crippen molar-refractivity contribution in [2.24, 2.45) is 0 Å². The second-order valence-corrected chi connectivity index (χ2v) is 4.89. The van der Waals surface area contributed by atoms with E-state index in [0.717, 1.165) is 5.56 Å². The van der Waals surface area contributed by atoms with Gasteiger partial charge in [0.05, 0.1) is 7.11 Å². The first kappa shape index (κ1) is 17.5. The fraction of sp³-hybridized carbons (Fsp3) is 0.235. The highest BCUT2D eigenvalue weighted by atomic mass is 19.3. The van der Waals surface area contributed by atoms with Gasteiger partial charge in [-0.25, -0.2) is 4.79 Å². The lowest BCUT2D eigenvalue weighted by Gasteiger charge is -2.09. The molecule has 0 fully saturated rings. The SMILES string of the molecule is COc1cccc(NC(=O)NCCc2ccc(OC(F)F)cc2)c1. The van der Waals surface area contributed by atoms with Gasteiger partial charge in [-0.2, -0.15) is 8.78 Å². The second-order valence-electron chi connectivity index (χ2n) is 4.89. The summed E-state index contributed by atoms with van der Waals surface area (Å²) >= 11 is 0. The van der Waals surface area contributed by atoms with Gasteiger partial charge in [-0.1, -0.05) is 18.2 Å². The Bertz CT molecular complexity index is 663. The molecule has 0 aromatic heterocycles. The first-order valence-corrected chi connectivity index (χ1v) is 7.29. The third-order valence-electron chi connectivity index (χ3n) is 3.18. The lowest BCUT2D eigenvalue weighted by molar-refractivity contribution is -0.0498. The van der Waals surface area contributed by atoms with Crippen LogP contribution in [0.25, 0.3) is 0 Å². The molecule has 128 valence electrons. The average Bonchev–Trinajstić information content (AvgIpc) is 2.56. The van der Waals surface area contributed by atoms with E-state index in [1.54, 1.807) is 43.5 Å². The highest BCUT2D eigenvalue weighted by Crippen LogP contribution is 2.17. The van der Waals surface area contributed by atoms with Crippen molar-refractivity contribution in [1.82, 2.24) is 5.32 Å². The van der Waals surface area contributed by atoms with E-state index in [4.69, 9.17) is 4.74 Å². The van der Waals surface area contributed by atoms with Gasteiger partial charge in [0.25, 0.3) is 0 Å². The fourth-order valence-corrected chi connectivity index (χ4v) is 2.03. The third kappa shape index (κ3) is 5.75. The van der Waals surface area contributed by atoms with E-state index in [-0.39, 0.29) is 11.8 Å². The molecule has 7 heteroatoms. The van der Waals surface area contributed by atoms with Gasteiger partial charge in [-0.15, -0.1) is 0 Å². The van der Waals surface area contributed by atoms with Crippen LogP contribution in [0.1, 0.15) is 5.56 Å². The van der Waals surface area contributed by atoms with Crippen molar-refractivity contribution in [3.8, 4) is 11.5 Å². The van der Waals surface area contributed by atoms with Gasteiger partial charge in [0.2, 0.25) is 0 Å². The van der Waals surface area contributed by atoms with Gasteiger partial charge in [-0.3, -0.25) is 0 Å². The number of rotatable bonds is 7. The summed E-state index contributed by atoms with van der Waals surface area (Å²) in [6.07, 6.45) is 0.570. The molecule has 2 aromatic carbocycles. The smallest absolute Gasteiger partial charge is 0.387 e. The topological polar surface area (TPSA) is 59.6 Å². The van der Waals surface area contributed by atoms with Crippen molar-refractivity contribution >= 4 is 11.7 Å². The van der Waals surface area contributed by atoms with Crippen LogP contribution in [0.15, 0.2) is 48.5 Å². The Hall–Kier alpha value is -2.83. The molecule has 0 aliphatic heterocycles. The van der Waals surface area contributed by atoms with Crippen LogP contribution >= 0.6 is 0 Å². The first-order chi connectivity index (χ1) is 11.6. The van der Waals surface area contributed by atoms with Crippen molar-refractivity contribution in [3.63, 3.8) is 0 Å². The number of urea groups is 1. The van der Waals surface area contributed by atoms with Crippen LogP contribution in [0.2, 0.25) is 0 Å². The number of benzene rings is 2. The Kier molecular flexibility index (Phi) is 6.36. The summed E-state index contributed by atoms with van der Waals surface area (Å²) < 4.78 is 33.5. The number of hydrogen-bond donors (Lipinski definition) is 2. The minimum atomic E-state index is -2.84. The molecular weight excluding hydrogens is 318 g/mol. The lowest BCUT2D eigenvalue weighted by Crippen LogP contribution is -2.30. The average molecular weight is 336 g/mol. The van der Waals surface area contributed by atoms with Crippen molar-refractivity contribution in [2.45, 2.75) is 13.0 Å². The minimum Gasteiger partial charge on any atom is -0.497 e. The maximum Gasteiger partial charge on any atom is 0.387 e. The van der Waals surface area contributed by atoms with Crippen molar-refractivity contribution in [2.75, 3.05) is 19.0 Å². The van der Waals surface area contributed by atoms with Gasteiger partial charge >= 0.3 is 12.6 Å². The van der Waals surface area contributed by atoms with E-state index >= 15 is 0 Å². The minimum absolute atomic E-state index is 0.109. The second kappa shape index (κ2) is 8.71. The highest BCUT2D eigenvalue weighted by molar-refractivity contribution is 5.89. The van der Waals surface area contributed by atoms with Crippen molar-refractivity contribution in [3.05, 3.63) is 54.1 Å². The predicted octanol–water partition coefficient (Wildman–Crippen LogP) is 3.66. The summed E-state index contributed by atoms with van der Waals surface area (Å²) in [5.74, 6) is 0.761. The number of carbonyl (C=O) groups is 1. The molecule has 0 aliphatic rings. The predicted molar refractivity (Wildman–Crippen MR) is 86.8 cm³/mol. The molecule has 0 spiro atoms. The molecule has 24 heavy (non-hydrogen) atoms. The molecule has 0 saturated heterocycles. The molecule has 0 atom stereocenters. The van der Waals surface area contributed by atoms with Crippen LogP contribution in [0.4, 0.5) is 19.3 Å². The fourth-order valence-electron chi connectivity index (χ4n) is 2.03. The third-order valence-corrected chi connectivity index (χ3v) is 3.18. The Morgan fingerprint density at radius 1 is 1.12 bits per heavy atom. The summed E-state index contributed by atoms with van der Waals surface area (Å²) in [4.78, 5) is 11.8. The first-order valence-electron chi connectivity index (χ1n) is 7.29. The van der Waals surface area contributed by atoms with Gasteiger partial charge in [-0.05, 0) is 36.2 Å². The van der Waals surface area contributed by atoms with Crippen LogP contribution in [0, 0.1) is 0 Å².